The minimum absolute atomic E-state index is 0.454. The second-order valence-corrected chi connectivity index (χ2v) is 6.63. The lowest BCUT2D eigenvalue weighted by Crippen LogP contribution is -2.25. The Balaban J connectivity index is 1.57. The molecular weight excluding hydrogens is 338 g/mol. The van der Waals surface area contributed by atoms with Crippen LogP contribution in [0.4, 0.5) is 0 Å². The molecule has 1 fully saturated rings. The van der Waals surface area contributed by atoms with E-state index in [0.29, 0.717) is 23.5 Å². The lowest BCUT2D eigenvalue weighted by atomic mass is 10.1. The average molecular weight is 359 g/mol. The highest BCUT2D eigenvalue weighted by molar-refractivity contribution is 5.99. The van der Waals surface area contributed by atoms with Crippen LogP contribution >= 0.6 is 0 Å². The number of ether oxygens (including phenoxy) is 1. The van der Waals surface area contributed by atoms with E-state index in [1.54, 1.807) is 0 Å². The van der Waals surface area contributed by atoms with Crippen molar-refractivity contribution in [3.05, 3.63) is 59.8 Å². The SMILES string of the molecule is N#C/C(=C\c1ccccc1OCCN1CCCC1)c1noc2ccccc12. The van der Waals surface area contributed by atoms with E-state index >= 15 is 0 Å². The molecule has 0 atom stereocenters. The Bertz CT molecular complexity index is 994. The van der Waals surface area contributed by atoms with Crippen LogP contribution in [-0.4, -0.2) is 36.3 Å². The van der Waals surface area contributed by atoms with Crippen molar-refractivity contribution in [3.63, 3.8) is 0 Å². The van der Waals surface area contributed by atoms with Crippen molar-refractivity contribution in [2.75, 3.05) is 26.2 Å². The predicted molar refractivity (Wildman–Crippen MR) is 105 cm³/mol. The fourth-order valence-electron chi connectivity index (χ4n) is 3.41. The van der Waals surface area contributed by atoms with Crippen molar-refractivity contribution in [3.8, 4) is 11.8 Å². The third kappa shape index (κ3) is 3.86. The highest BCUT2D eigenvalue weighted by atomic mass is 16.5. The fraction of sp³-hybridized carbons (Fsp3) is 0.273. The Morgan fingerprint density at radius 3 is 2.78 bits per heavy atom. The molecule has 0 amide bonds. The molecule has 0 N–H and O–H groups in total. The van der Waals surface area contributed by atoms with Gasteiger partial charge >= 0.3 is 0 Å². The number of allylic oxidation sites excluding steroid dienone is 1. The van der Waals surface area contributed by atoms with Gasteiger partial charge in [0.25, 0.3) is 0 Å². The van der Waals surface area contributed by atoms with Crippen LogP contribution in [0.2, 0.25) is 0 Å². The molecule has 1 aromatic heterocycles. The zero-order chi connectivity index (χ0) is 18.5. The van der Waals surface area contributed by atoms with Crippen molar-refractivity contribution in [2.45, 2.75) is 12.8 Å². The van der Waals surface area contributed by atoms with Gasteiger partial charge in [-0.25, -0.2) is 0 Å². The average Bonchev–Trinajstić information content (AvgIpc) is 3.37. The van der Waals surface area contributed by atoms with Crippen molar-refractivity contribution in [1.29, 1.82) is 5.26 Å². The van der Waals surface area contributed by atoms with Gasteiger partial charge in [-0.15, -0.1) is 0 Å². The third-order valence-corrected chi connectivity index (χ3v) is 4.84. The largest absolute Gasteiger partial charge is 0.492 e. The number of benzene rings is 2. The number of rotatable bonds is 6. The van der Waals surface area contributed by atoms with Crippen LogP contribution in [-0.2, 0) is 0 Å². The summed E-state index contributed by atoms with van der Waals surface area (Å²) in [5.74, 6) is 0.775. The van der Waals surface area contributed by atoms with Gasteiger partial charge in [-0.2, -0.15) is 5.26 Å². The molecule has 5 heteroatoms. The number of likely N-dealkylation sites (tertiary alicyclic amines) is 1. The summed E-state index contributed by atoms with van der Waals surface area (Å²) in [6, 6.07) is 17.6. The molecular formula is C22H21N3O2. The topological polar surface area (TPSA) is 62.3 Å². The van der Waals surface area contributed by atoms with Gasteiger partial charge in [0, 0.05) is 12.1 Å². The maximum atomic E-state index is 9.68. The van der Waals surface area contributed by atoms with E-state index in [1.807, 2.05) is 54.6 Å². The second-order valence-electron chi connectivity index (χ2n) is 6.63. The lowest BCUT2D eigenvalue weighted by molar-refractivity contribution is 0.237. The Morgan fingerprint density at radius 2 is 1.93 bits per heavy atom. The van der Waals surface area contributed by atoms with Gasteiger partial charge in [-0.1, -0.05) is 35.5 Å². The van der Waals surface area contributed by atoms with E-state index in [2.05, 4.69) is 16.1 Å². The monoisotopic (exact) mass is 359 g/mol. The van der Waals surface area contributed by atoms with Crippen LogP contribution in [0.5, 0.6) is 5.75 Å². The van der Waals surface area contributed by atoms with Crippen molar-refractivity contribution < 1.29 is 9.26 Å². The first-order chi connectivity index (χ1) is 13.3. The molecule has 0 aliphatic carbocycles. The lowest BCUT2D eigenvalue weighted by Gasteiger charge is -2.15. The van der Waals surface area contributed by atoms with E-state index in [-0.39, 0.29) is 0 Å². The fourth-order valence-corrected chi connectivity index (χ4v) is 3.41. The van der Waals surface area contributed by atoms with Crippen molar-refractivity contribution in [1.82, 2.24) is 10.1 Å². The molecule has 1 aliphatic rings. The summed E-state index contributed by atoms with van der Waals surface area (Å²) in [6.45, 7) is 3.88. The van der Waals surface area contributed by atoms with E-state index < -0.39 is 0 Å². The molecule has 0 bridgehead atoms. The van der Waals surface area contributed by atoms with Crippen LogP contribution in [0.15, 0.2) is 53.1 Å². The zero-order valence-corrected chi connectivity index (χ0v) is 15.1. The quantitative estimate of drug-likeness (QED) is 0.612. The molecule has 27 heavy (non-hydrogen) atoms. The van der Waals surface area contributed by atoms with Crippen molar-refractivity contribution >= 4 is 22.6 Å². The van der Waals surface area contributed by atoms with Crippen LogP contribution in [0.1, 0.15) is 24.1 Å². The number of nitriles is 1. The predicted octanol–water partition coefficient (Wildman–Crippen LogP) is 4.37. The zero-order valence-electron chi connectivity index (χ0n) is 15.1. The standard InChI is InChI=1S/C22H21N3O2/c23-16-18(22-19-8-2-4-10-21(19)27-24-22)15-17-7-1-3-9-20(17)26-14-13-25-11-5-6-12-25/h1-4,7-10,15H,5-6,11-14H2/b18-15+. The molecule has 5 nitrogen and oxygen atoms in total. The van der Waals surface area contributed by atoms with Gasteiger partial charge in [0.1, 0.15) is 24.1 Å². The minimum Gasteiger partial charge on any atom is -0.492 e. The summed E-state index contributed by atoms with van der Waals surface area (Å²) in [5, 5.41) is 14.6. The second kappa shape index (κ2) is 8.07. The summed E-state index contributed by atoms with van der Waals surface area (Å²) < 4.78 is 11.4. The highest BCUT2D eigenvalue weighted by Crippen LogP contribution is 2.28. The number of aromatic nitrogens is 1. The summed E-state index contributed by atoms with van der Waals surface area (Å²) in [6.07, 6.45) is 4.36. The Hall–Kier alpha value is -3.10. The number of fused-ring (bicyclic) bond motifs is 1. The Morgan fingerprint density at radius 1 is 1.15 bits per heavy atom. The molecule has 3 aromatic rings. The van der Waals surface area contributed by atoms with Gasteiger partial charge in [-0.05, 0) is 50.2 Å². The van der Waals surface area contributed by atoms with Gasteiger partial charge in [0.2, 0.25) is 0 Å². The third-order valence-electron chi connectivity index (χ3n) is 4.84. The Labute approximate surface area is 158 Å². The van der Waals surface area contributed by atoms with Crippen molar-refractivity contribution in [2.24, 2.45) is 0 Å². The number of para-hydroxylation sites is 2. The van der Waals surface area contributed by atoms with Crippen LogP contribution < -0.4 is 4.74 Å². The van der Waals surface area contributed by atoms with E-state index in [4.69, 9.17) is 9.26 Å². The number of nitrogens with zero attached hydrogens (tertiary/aromatic N) is 3. The molecule has 4 rings (SSSR count). The van der Waals surface area contributed by atoms with E-state index in [1.165, 1.54) is 12.8 Å². The normalized spacial score (nSPS) is 15.1. The molecule has 0 radical (unpaired) electrons. The first-order valence-corrected chi connectivity index (χ1v) is 9.26. The Kier molecular flexibility index (Phi) is 5.17. The van der Waals surface area contributed by atoms with Gasteiger partial charge < -0.3 is 9.26 Å². The van der Waals surface area contributed by atoms with Crippen LogP contribution in [0.3, 0.4) is 0 Å². The maximum Gasteiger partial charge on any atom is 0.167 e. The molecule has 0 spiro atoms. The van der Waals surface area contributed by atoms with E-state index in [9.17, 15) is 5.26 Å². The summed E-state index contributed by atoms with van der Waals surface area (Å²) in [7, 11) is 0. The molecule has 2 aromatic carbocycles. The van der Waals surface area contributed by atoms with Gasteiger partial charge in [0.15, 0.2) is 5.58 Å². The summed E-state index contributed by atoms with van der Waals surface area (Å²) in [4.78, 5) is 2.42. The molecule has 1 aliphatic heterocycles. The van der Waals surface area contributed by atoms with Crippen LogP contribution in [0, 0.1) is 11.3 Å². The molecule has 0 unspecified atom stereocenters. The van der Waals surface area contributed by atoms with Gasteiger partial charge in [-0.3, -0.25) is 4.90 Å². The molecule has 2 heterocycles. The molecule has 0 saturated carbocycles. The highest BCUT2D eigenvalue weighted by Gasteiger charge is 2.14. The maximum absolute atomic E-state index is 9.68. The van der Waals surface area contributed by atoms with E-state index in [0.717, 1.165) is 36.3 Å². The van der Waals surface area contributed by atoms with Gasteiger partial charge in [0.05, 0.1) is 11.0 Å². The number of hydrogen-bond acceptors (Lipinski definition) is 5. The van der Waals surface area contributed by atoms with Crippen LogP contribution in [0.25, 0.3) is 22.6 Å². The first kappa shape index (κ1) is 17.3. The number of hydrogen-bond donors (Lipinski definition) is 0. The smallest absolute Gasteiger partial charge is 0.167 e. The minimum atomic E-state index is 0.454. The molecule has 136 valence electrons. The first-order valence-electron chi connectivity index (χ1n) is 9.26. The molecule has 1 saturated heterocycles. The summed E-state index contributed by atoms with van der Waals surface area (Å²) >= 11 is 0. The summed E-state index contributed by atoms with van der Waals surface area (Å²) in [5.41, 5.74) is 2.54.